The SMILES string of the molecule is Cc1ccc2c(c1)C(=O)N(C(C)C(=O)OCC(=O)N(C)Cc1c(F)cccc1Cl)C2=O. The molecule has 1 atom stereocenters. The maximum Gasteiger partial charge on any atom is 0.329 e. The van der Waals surface area contributed by atoms with Gasteiger partial charge in [0.25, 0.3) is 17.7 Å². The van der Waals surface area contributed by atoms with Crippen LogP contribution in [0.4, 0.5) is 4.39 Å². The fourth-order valence-corrected chi connectivity index (χ4v) is 3.43. The molecule has 31 heavy (non-hydrogen) atoms. The fraction of sp³-hybridized carbons (Fsp3) is 0.273. The summed E-state index contributed by atoms with van der Waals surface area (Å²) in [6.45, 7) is 2.39. The van der Waals surface area contributed by atoms with Gasteiger partial charge in [0, 0.05) is 24.2 Å². The highest BCUT2D eigenvalue weighted by atomic mass is 35.5. The third kappa shape index (κ3) is 4.44. The Morgan fingerprint density at radius 2 is 1.84 bits per heavy atom. The first kappa shape index (κ1) is 22.4. The Hall–Kier alpha value is -3.26. The Labute approximate surface area is 183 Å². The van der Waals surface area contributed by atoms with Crippen LogP contribution in [0.2, 0.25) is 5.02 Å². The van der Waals surface area contributed by atoms with Gasteiger partial charge in [-0.3, -0.25) is 19.3 Å². The molecule has 0 aliphatic carbocycles. The van der Waals surface area contributed by atoms with Gasteiger partial charge in [-0.1, -0.05) is 29.3 Å². The zero-order chi connectivity index (χ0) is 22.9. The van der Waals surface area contributed by atoms with Gasteiger partial charge in [0.15, 0.2) is 6.61 Å². The average Bonchev–Trinajstić information content (AvgIpc) is 2.97. The van der Waals surface area contributed by atoms with Crippen molar-refractivity contribution in [2.45, 2.75) is 26.4 Å². The number of halogens is 2. The van der Waals surface area contributed by atoms with Gasteiger partial charge in [-0.15, -0.1) is 0 Å². The monoisotopic (exact) mass is 446 g/mol. The molecule has 3 amide bonds. The summed E-state index contributed by atoms with van der Waals surface area (Å²) in [4.78, 5) is 51.8. The summed E-state index contributed by atoms with van der Waals surface area (Å²) in [5, 5.41) is 0.172. The lowest BCUT2D eigenvalue weighted by molar-refractivity contribution is -0.154. The molecular weight excluding hydrogens is 427 g/mol. The average molecular weight is 447 g/mol. The normalized spacial score (nSPS) is 13.8. The zero-order valence-electron chi connectivity index (χ0n) is 17.1. The molecule has 9 heteroatoms. The molecule has 0 aromatic heterocycles. The number of hydrogen-bond acceptors (Lipinski definition) is 5. The van der Waals surface area contributed by atoms with Crippen LogP contribution in [0.5, 0.6) is 0 Å². The van der Waals surface area contributed by atoms with Crippen molar-refractivity contribution in [1.82, 2.24) is 9.80 Å². The van der Waals surface area contributed by atoms with Gasteiger partial charge in [0.2, 0.25) is 0 Å². The van der Waals surface area contributed by atoms with Crippen LogP contribution in [0.15, 0.2) is 36.4 Å². The number of hydrogen-bond donors (Lipinski definition) is 0. The van der Waals surface area contributed by atoms with Gasteiger partial charge in [-0.05, 0) is 38.1 Å². The first-order valence-corrected chi connectivity index (χ1v) is 9.81. The largest absolute Gasteiger partial charge is 0.454 e. The Kier molecular flexibility index (Phi) is 6.40. The van der Waals surface area contributed by atoms with E-state index in [1.807, 2.05) is 0 Å². The number of imide groups is 1. The summed E-state index contributed by atoms with van der Waals surface area (Å²) in [6.07, 6.45) is 0. The first-order valence-electron chi connectivity index (χ1n) is 9.43. The molecule has 162 valence electrons. The van der Waals surface area contributed by atoms with Crippen LogP contribution in [0, 0.1) is 12.7 Å². The van der Waals surface area contributed by atoms with Gasteiger partial charge in [0.1, 0.15) is 11.9 Å². The molecule has 0 spiro atoms. The molecule has 2 aromatic carbocycles. The number of carbonyl (C=O) groups excluding carboxylic acids is 4. The minimum atomic E-state index is -1.22. The quantitative estimate of drug-likeness (QED) is 0.503. The minimum absolute atomic E-state index is 0.116. The first-order chi connectivity index (χ1) is 14.6. The van der Waals surface area contributed by atoms with Crippen molar-refractivity contribution >= 4 is 35.3 Å². The molecule has 0 saturated heterocycles. The molecule has 1 aliphatic rings. The molecule has 0 bridgehead atoms. The Morgan fingerprint density at radius 1 is 1.16 bits per heavy atom. The summed E-state index contributed by atoms with van der Waals surface area (Å²) in [5.74, 6) is -3.25. The summed E-state index contributed by atoms with van der Waals surface area (Å²) < 4.78 is 18.9. The number of nitrogens with zero attached hydrogens (tertiary/aromatic N) is 2. The van der Waals surface area contributed by atoms with Crippen LogP contribution >= 0.6 is 11.6 Å². The fourth-order valence-electron chi connectivity index (χ4n) is 3.20. The number of rotatable bonds is 6. The summed E-state index contributed by atoms with van der Waals surface area (Å²) in [5.41, 5.74) is 1.39. The van der Waals surface area contributed by atoms with Crippen molar-refractivity contribution in [1.29, 1.82) is 0 Å². The van der Waals surface area contributed by atoms with Crippen molar-refractivity contribution in [3.8, 4) is 0 Å². The van der Waals surface area contributed by atoms with E-state index in [1.165, 1.54) is 38.2 Å². The number of amides is 3. The van der Waals surface area contributed by atoms with Crippen molar-refractivity contribution in [2.75, 3.05) is 13.7 Å². The molecule has 7 nitrogen and oxygen atoms in total. The third-order valence-corrected chi connectivity index (χ3v) is 5.38. The van der Waals surface area contributed by atoms with Crippen molar-refractivity contribution in [3.05, 3.63) is 69.5 Å². The minimum Gasteiger partial charge on any atom is -0.454 e. The number of fused-ring (bicyclic) bond motifs is 1. The maximum absolute atomic E-state index is 13.9. The summed E-state index contributed by atoms with van der Waals surface area (Å²) in [6, 6.07) is 7.79. The van der Waals surface area contributed by atoms with E-state index < -0.39 is 42.2 Å². The molecule has 2 aromatic rings. The lowest BCUT2D eigenvalue weighted by atomic mass is 10.1. The van der Waals surface area contributed by atoms with Crippen molar-refractivity contribution < 1.29 is 28.3 Å². The second-order valence-electron chi connectivity index (χ2n) is 7.26. The molecule has 0 radical (unpaired) electrons. The molecule has 1 unspecified atom stereocenters. The second kappa shape index (κ2) is 8.85. The van der Waals surface area contributed by atoms with Crippen LogP contribution in [-0.4, -0.2) is 53.2 Å². The molecule has 0 fully saturated rings. The van der Waals surface area contributed by atoms with Gasteiger partial charge in [-0.25, -0.2) is 9.18 Å². The van der Waals surface area contributed by atoms with E-state index in [9.17, 15) is 23.6 Å². The third-order valence-electron chi connectivity index (χ3n) is 5.02. The maximum atomic E-state index is 13.9. The highest BCUT2D eigenvalue weighted by Gasteiger charge is 2.41. The topological polar surface area (TPSA) is 84.0 Å². The Bertz CT molecular complexity index is 1070. The molecule has 1 aliphatic heterocycles. The number of esters is 1. The van der Waals surface area contributed by atoms with E-state index in [1.54, 1.807) is 19.1 Å². The zero-order valence-corrected chi connectivity index (χ0v) is 17.9. The van der Waals surface area contributed by atoms with Crippen LogP contribution < -0.4 is 0 Å². The van der Waals surface area contributed by atoms with Crippen LogP contribution in [0.3, 0.4) is 0 Å². The van der Waals surface area contributed by atoms with Crippen molar-refractivity contribution in [3.63, 3.8) is 0 Å². The summed E-state index contributed by atoms with van der Waals surface area (Å²) >= 11 is 5.96. The van der Waals surface area contributed by atoms with Crippen LogP contribution in [0.25, 0.3) is 0 Å². The molecule has 0 N–H and O–H groups in total. The van der Waals surface area contributed by atoms with Gasteiger partial charge >= 0.3 is 5.97 Å². The molecule has 0 saturated carbocycles. The number of ether oxygens (including phenoxy) is 1. The van der Waals surface area contributed by atoms with E-state index in [2.05, 4.69) is 0 Å². The van der Waals surface area contributed by atoms with Gasteiger partial charge in [-0.2, -0.15) is 0 Å². The van der Waals surface area contributed by atoms with E-state index in [4.69, 9.17) is 16.3 Å². The van der Waals surface area contributed by atoms with E-state index >= 15 is 0 Å². The number of benzene rings is 2. The number of carbonyl (C=O) groups is 4. The Balaban J connectivity index is 1.61. The standard InChI is InChI=1S/C22H20ClFN2O5/c1-12-7-8-14-15(9-12)21(29)26(20(14)28)13(2)22(30)31-11-19(27)25(3)10-16-17(23)5-4-6-18(16)24/h4-9,13H,10-11H2,1-3H3. The predicted molar refractivity (Wildman–Crippen MR) is 110 cm³/mol. The smallest absolute Gasteiger partial charge is 0.329 e. The van der Waals surface area contributed by atoms with Crippen LogP contribution in [0.1, 0.15) is 38.8 Å². The van der Waals surface area contributed by atoms with Gasteiger partial charge < -0.3 is 9.64 Å². The highest BCUT2D eigenvalue weighted by Crippen LogP contribution is 2.26. The second-order valence-corrected chi connectivity index (χ2v) is 7.67. The van der Waals surface area contributed by atoms with Crippen LogP contribution in [-0.2, 0) is 20.9 Å². The van der Waals surface area contributed by atoms with E-state index in [-0.39, 0.29) is 28.3 Å². The van der Waals surface area contributed by atoms with E-state index in [0.29, 0.717) is 0 Å². The van der Waals surface area contributed by atoms with Crippen molar-refractivity contribution in [2.24, 2.45) is 0 Å². The molecular formula is C22H20ClFN2O5. The van der Waals surface area contributed by atoms with E-state index in [0.717, 1.165) is 15.4 Å². The lowest BCUT2D eigenvalue weighted by Crippen LogP contribution is -2.44. The lowest BCUT2D eigenvalue weighted by Gasteiger charge is -2.22. The van der Waals surface area contributed by atoms with Gasteiger partial charge in [0.05, 0.1) is 11.1 Å². The molecule has 1 heterocycles. The molecule has 3 rings (SSSR count). The number of aryl methyl sites for hydroxylation is 1. The highest BCUT2D eigenvalue weighted by molar-refractivity contribution is 6.31. The predicted octanol–water partition coefficient (Wildman–Crippen LogP) is 2.97. The Morgan fingerprint density at radius 3 is 2.52 bits per heavy atom. The number of likely N-dealkylation sites (N-methyl/N-ethyl adjacent to an activating group) is 1. The summed E-state index contributed by atoms with van der Waals surface area (Å²) in [7, 11) is 1.41.